The van der Waals surface area contributed by atoms with Gasteiger partial charge in [0.25, 0.3) is 0 Å². The average molecular weight is 451 g/mol. The Labute approximate surface area is 188 Å². The highest BCUT2D eigenvalue weighted by molar-refractivity contribution is 6.08. The fourth-order valence-electron chi connectivity index (χ4n) is 8.18. The molecule has 32 heavy (non-hydrogen) atoms. The lowest BCUT2D eigenvalue weighted by Gasteiger charge is -2.62. The molecule has 5 rings (SSSR count). The number of hydrogen-bond acceptors (Lipinski definition) is 8. The zero-order valence-corrected chi connectivity index (χ0v) is 19.1. The highest BCUT2D eigenvalue weighted by Crippen LogP contribution is 2.71. The van der Waals surface area contributed by atoms with Gasteiger partial charge in [-0.2, -0.15) is 0 Å². The summed E-state index contributed by atoms with van der Waals surface area (Å²) in [7, 11) is 0. The first-order valence-corrected chi connectivity index (χ1v) is 12.0. The second kappa shape index (κ2) is 7.50. The van der Waals surface area contributed by atoms with E-state index in [2.05, 4.69) is 0 Å². The molecule has 1 N–H and O–H groups in total. The molecule has 0 radical (unpaired) electrons. The Balaban J connectivity index is 1.57. The van der Waals surface area contributed by atoms with Crippen molar-refractivity contribution in [2.24, 2.45) is 39.9 Å². The Bertz CT molecular complexity index is 827. The van der Waals surface area contributed by atoms with Crippen molar-refractivity contribution in [1.82, 2.24) is 0 Å². The predicted octanol–water partition coefficient (Wildman–Crippen LogP) is 1.86. The number of carbonyl (C=O) groups is 3. The van der Waals surface area contributed by atoms with E-state index in [0.717, 1.165) is 12.8 Å². The van der Waals surface area contributed by atoms with Gasteiger partial charge in [0.15, 0.2) is 12.1 Å². The largest absolute Gasteiger partial charge is 0.465 e. The molecule has 8 heteroatoms. The Morgan fingerprint density at radius 2 is 2.03 bits per heavy atom. The number of fused-ring (bicyclic) bond motifs is 1. The van der Waals surface area contributed by atoms with Gasteiger partial charge >= 0.3 is 11.9 Å². The van der Waals surface area contributed by atoms with Gasteiger partial charge in [-0.1, -0.05) is 6.92 Å². The number of ether oxygens (including phenoxy) is 4. The molecule has 3 aliphatic carbocycles. The summed E-state index contributed by atoms with van der Waals surface area (Å²) in [5.41, 5.74) is -2.39. The van der Waals surface area contributed by atoms with Crippen LogP contribution in [0.1, 0.15) is 52.9 Å². The molecule has 2 bridgehead atoms. The summed E-state index contributed by atoms with van der Waals surface area (Å²) in [6, 6.07) is 0. The zero-order chi connectivity index (χ0) is 22.9. The summed E-state index contributed by atoms with van der Waals surface area (Å²) in [4.78, 5) is 38.9. The van der Waals surface area contributed by atoms with Gasteiger partial charge in [-0.25, -0.2) is 0 Å². The number of rotatable bonds is 5. The average Bonchev–Trinajstić information content (AvgIpc) is 3.22. The van der Waals surface area contributed by atoms with Gasteiger partial charge in [0.1, 0.15) is 11.5 Å². The van der Waals surface area contributed by atoms with Crippen LogP contribution in [0.15, 0.2) is 0 Å². The molecule has 178 valence electrons. The van der Waals surface area contributed by atoms with Crippen LogP contribution in [0.2, 0.25) is 0 Å². The maximum atomic E-state index is 13.8. The van der Waals surface area contributed by atoms with Crippen molar-refractivity contribution in [2.45, 2.75) is 65.3 Å². The smallest absolute Gasteiger partial charge is 0.320 e. The van der Waals surface area contributed by atoms with Crippen LogP contribution in [-0.2, 0) is 33.3 Å². The van der Waals surface area contributed by atoms with Crippen molar-refractivity contribution in [3.8, 4) is 0 Å². The molecule has 5 aliphatic rings. The van der Waals surface area contributed by atoms with Crippen LogP contribution in [0.25, 0.3) is 0 Å². The van der Waals surface area contributed by atoms with Crippen LogP contribution < -0.4 is 0 Å². The van der Waals surface area contributed by atoms with Gasteiger partial charge in [-0.15, -0.1) is 0 Å². The molecule has 2 heterocycles. The first kappa shape index (κ1) is 22.3. The lowest BCUT2D eigenvalue weighted by atomic mass is 9.44. The van der Waals surface area contributed by atoms with Crippen molar-refractivity contribution in [3.63, 3.8) is 0 Å². The fraction of sp³-hybridized carbons (Fsp3) is 0.875. The summed E-state index contributed by atoms with van der Waals surface area (Å²) in [6.45, 7) is 6.57. The van der Waals surface area contributed by atoms with Crippen LogP contribution in [0, 0.1) is 39.9 Å². The van der Waals surface area contributed by atoms with E-state index < -0.39 is 40.5 Å². The van der Waals surface area contributed by atoms with Crippen LogP contribution in [0.4, 0.5) is 0 Å². The molecule has 0 aromatic rings. The summed E-state index contributed by atoms with van der Waals surface area (Å²) >= 11 is 0. The van der Waals surface area contributed by atoms with Crippen molar-refractivity contribution < 1.29 is 38.4 Å². The minimum atomic E-state index is -1.19. The third-order valence-electron chi connectivity index (χ3n) is 9.42. The molecule has 0 amide bonds. The third-order valence-corrected chi connectivity index (χ3v) is 9.42. The molecule has 2 aliphatic heterocycles. The summed E-state index contributed by atoms with van der Waals surface area (Å²) < 4.78 is 23.0. The third kappa shape index (κ3) is 2.75. The quantitative estimate of drug-likeness (QED) is 0.500. The van der Waals surface area contributed by atoms with Gasteiger partial charge < -0.3 is 24.1 Å². The fourth-order valence-corrected chi connectivity index (χ4v) is 8.18. The maximum Gasteiger partial charge on any atom is 0.320 e. The van der Waals surface area contributed by atoms with Gasteiger partial charge in [-0.05, 0) is 50.9 Å². The minimum absolute atomic E-state index is 0.0522. The molecular formula is C24H34O8. The second-order valence-electron chi connectivity index (χ2n) is 10.9. The monoisotopic (exact) mass is 450 g/mol. The van der Waals surface area contributed by atoms with Crippen molar-refractivity contribution in [3.05, 3.63) is 0 Å². The van der Waals surface area contributed by atoms with Gasteiger partial charge in [0.05, 0.1) is 19.8 Å². The topological polar surface area (TPSA) is 108 Å². The highest BCUT2D eigenvalue weighted by Gasteiger charge is 2.78. The molecule has 0 aromatic carbocycles. The first-order valence-electron chi connectivity index (χ1n) is 12.0. The second-order valence-corrected chi connectivity index (χ2v) is 10.9. The van der Waals surface area contributed by atoms with Gasteiger partial charge in [0, 0.05) is 36.2 Å². The number of ketones is 1. The Kier molecular flexibility index (Phi) is 5.23. The van der Waals surface area contributed by atoms with Crippen LogP contribution >= 0.6 is 0 Å². The molecule has 8 nitrogen and oxygen atoms in total. The standard InChI is InChI=1S/C24H34O8/c1-4-29-10-15-14-5-6-16-23(9-14,19(15)26)21(28)32-17-7-8-22(3,11-30-13(2)25)18-20(27)31-12-24(16,17)18/h14-18,20,27H,4-12H2,1-3H3. The number of esters is 2. The van der Waals surface area contributed by atoms with Gasteiger partial charge in [-0.3, -0.25) is 14.4 Å². The Morgan fingerprint density at radius 1 is 1.25 bits per heavy atom. The molecule has 9 atom stereocenters. The minimum Gasteiger partial charge on any atom is -0.465 e. The highest BCUT2D eigenvalue weighted by atomic mass is 16.6. The van der Waals surface area contributed by atoms with Crippen molar-refractivity contribution in [2.75, 3.05) is 26.4 Å². The predicted molar refractivity (Wildman–Crippen MR) is 110 cm³/mol. The maximum absolute atomic E-state index is 13.8. The van der Waals surface area contributed by atoms with E-state index in [9.17, 15) is 19.5 Å². The van der Waals surface area contributed by atoms with E-state index in [1.54, 1.807) is 0 Å². The Hall–Kier alpha value is -1.51. The van der Waals surface area contributed by atoms with Crippen LogP contribution in [-0.4, -0.2) is 61.6 Å². The molecule has 2 saturated heterocycles. The number of carbonyl (C=O) groups excluding carboxylic acids is 3. The number of hydrogen-bond donors (Lipinski definition) is 1. The van der Waals surface area contributed by atoms with E-state index >= 15 is 0 Å². The lowest BCUT2D eigenvalue weighted by molar-refractivity contribution is -0.242. The van der Waals surface area contributed by atoms with Crippen molar-refractivity contribution >= 4 is 17.7 Å². The van der Waals surface area contributed by atoms with Gasteiger partial charge in [0.2, 0.25) is 0 Å². The first-order chi connectivity index (χ1) is 15.2. The molecule has 2 spiro atoms. The molecular weight excluding hydrogens is 416 g/mol. The van der Waals surface area contributed by atoms with E-state index in [-0.39, 0.29) is 42.7 Å². The SMILES string of the molecule is CCOCC1C(=O)C23CC1CCC2C12COC(O)C1C(C)(COC(C)=O)CCC2OC3=O. The molecule has 3 saturated carbocycles. The number of aliphatic hydroxyl groups excluding tert-OH is 1. The zero-order valence-electron chi connectivity index (χ0n) is 19.1. The molecule has 9 unspecified atom stereocenters. The number of aliphatic hydroxyl groups is 1. The van der Waals surface area contributed by atoms with Crippen LogP contribution in [0.3, 0.4) is 0 Å². The molecule has 0 aromatic heterocycles. The summed E-state index contributed by atoms with van der Waals surface area (Å²) in [5, 5.41) is 11.0. The van der Waals surface area contributed by atoms with E-state index in [4.69, 9.17) is 18.9 Å². The summed E-state index contributed by atoms with van der Waals surface area (Å²) in [5.74, 6) is -1.63. The van der Waals surface area contributed by atoms with Crippen LogP contribution in [0.5, 0.6) is 0 Å². The Morgan fingerprint density at radius 3 is 2.75 bits per heavy atom. The molecule has 5 fully saturated rings. The summed E-state index contributed by atoms with van der Waals surface area (Å²) in [6.07, 6.45) is 1.83. The van der Waals surface area contributed by atoms with E-state index in [0.29, 0.717) is 32.5 Å². The van der Waals surface area contributed by atoms with E-state index in [1.807, 2.05) is 13.8 Å². The number of Topliss-reactive ketones (excluding diaryl/α,β-unsaturated/α-hetero) is 1. The van der Waals surface area contributed by atoms with Crippen molar-refractivity contribution in [1.29, 1.82) is 0 Å². The normalized spacial score (nSPS) is 49.1. The lowest BCUT2D eigenvalue weighted by Crippen LogP contribution is -2.69. The van der Waals surface area contributed by atoms with E-state index in [1.165, 1.54) is 6.92 Å².